The summed E-state index contributed by atoms with van der Waals surface area (Å²) in [6.45, 7) is 0. The fourth-order valence-electron chi connectivity index (χ4n) is 7.15. The number of imide groups is 2. The van der Waals surface area contributed by atoms with Crippen LogP contribution in [0.5, 0.6) is 0 Å². The number of rotatable bonds is 4. The van der Waals surface area contributed by atoms with Crippen molar-refractivity contribution in [2.75, 3.05) is 9.80 Å². The van der Waals surface area contributed by atoms with Crippen LogP contribution in [0.3, 0.4) is 0 Å². The third-order valence-corrected chi connectivity index (χ3v) is 9.35. The monoisotopic (exact) mass is 620 g/mol. The molecule has 7 aromatic carbocycles. The average molecular weight is 621 g/mol. The van der Waals surface area contributed by atoms with Gasteiger partial charge in [0.25, 0.3) is 23.6 Å². The van der Waals surface area contributed by atoms with Gasteiger partial charge in [0.05, 0.1) is 11.4 Å². The zero-order valence-corrected chi connectivity index (χ0v) is 25.4. The van der Waals surface area contributed by atoms with E-state index in [0.29, 0.717) is 44.4 Å². The van der Waals surface area contributed by atoms with Crippen LogP contribution >= 0.6 is 0 Å². The smallest absolute Gasteiger partial charge is 0.265 e. The minimum absolute atomic E-state index is 0.343. The van der Waals surface area contributed by atoms with Crippen LogP contribution in [0.25, 0.3) is 43.8 Å². The molecule has 0 spiro atoms. The predicted molar refractivity (Wildman–Crippen MR) is 187 cm³/mol. The molecule has 6 nitrogen and oxygen atoms in total. The summed E-state index contributed by atoms with van der Waals surface area (Å²) < 4.78 is 0. The third kappa shape index (κ3) is 3.93. The van der Waals surface area contributed by atoms with Gasteiger partial charge in [0, 0.05) is 33.0 Å². The molecule has 2 aliphatic heterocycles. The number of carbonyl (C=O) groups is 4. The van der Waals surface area contributed by atoms with Crippen molar-refractivity contribution >= 4 is 56.5 Å². The number of anilines is 2. The Morgan fingerprint density at radius 3 is 1.00 bits per heavy atom. The van der Waals surface area contributed by atoms with E-state index in [1.54, 1.807) is 48.5 Å². The number of nitrogens with zero attached hydrogens (tertiary/aromatic N) is 2. The minimum atomic E-state index is -0.434. The zero-order valence-electron chi connectivity index (χ0n) is 25.4. The first-order valence-corrected chi connectivity index (χ1v) is 15.6. The highest BCUT2D eigenvalue weighted by atomic mass is 16.2. The summed E-state index contributed by atoms with van der Waals surface area (Å²) in [7, 11) is 0. The largest absolute Gasteiger partial charge is 0.268 e. The van der Waals surface area contributed by atoms with Crippen LogP contribution < -0.4 is 9.80 Å². The van der Waals surface area contributed by atoms with Crippen molar-refractivity contribution in [2.45, 2.75) is 0 Å². The molecule has 0 N–H and O–H groups in total. The first kappa shape index (κ1) is 27.6. The lowest BCUT2D eigenvalue weighted by molar-refractivity contribution is 0.0876. The van der Waals surface area contributed by atoms with Gasteiger partial charge < -0.3 is 0 Å². The Hall–Kier alpha value is -6.66. The highest BCUT2D eigenvalue weighted by molar-refractivity contribution is 6.38. The van der Waals surface area contributed by atoms with Crippen molar-refractivity contribution in [3.05, 3.63) is 168 Å². The number of carbonyl (C=O) groups excluding carboxylic acids is 4. The summed E-state index contributed by atoms with van der Waals surface area (Å²) in [5, 5.41) is 2.94. The van der Waals surface area contributed by atoms with Crippen molar-refractivity contribution < 1.29 is 19.2 Å². The Balaban J connectivity index is 1.08. The first-order valence-electron chi connectivity index (χ1n) is 15.6. The SMILES string of the molecule is O=C1c2cccc3c(-c4ccccc4)ccc(c23)C(=O)N1c1ccc(N2C(=O)c3cccc4c(-c5ccccc5)ccc(c34)C2=O)cc1. The van der Waals surface area contributed by atoms with Gasteiger partial charge in [0.15, 0.2) is 0 Å². The Labute approximate surface area is 275 Å². The maximum atomic E-state index is 13.9. The van der Waals surface area contributed by atoms with Crippen molar-refractivity contribution in [1.29, 1.82) is 0 Å². The molecule has 2 heterocycles. The van der Waals surface area contributed by atoms with Crippen LogP contribution in [0.2, 0.25) is 0 Å². The van der Waals surface area contributed by atoms with Gasteiger partial charge in [-0.1, -0.05) is 97.1 Å². The van der Waals surface area contributed by atoms with Crippen LogP contribution in [-0.4, -0.2) is 23.6 Å². The lowest BCUT2D eigenvalue weighted by Gasteiger charge is -2.30. The topological polar surface area (TPSA) is 74.8 Å². The maximum absolute atomic E-state index is 13.9. The van der Waals surface area contributed by atoms with E-state index in [0.717, 1.165) is 42.8 Å². The normalized spacial score (nSPS) is 13.9. The standard InChI is InChI=1S/C42H24N2O4/c45-39-33-15-7-13-31-29(25-9-3-1-4-10-25)21-23-35(37(31)33)41(47)43(39)27-17-19-28(20-18-27)44-40(46)34-16-8-14-32-30(26-11-5-2-6-12-26)22-24-36(38(32)34)42(44)48/h1-24H. The molecular formula is C42H24N2O4. The van der Waals surface area contributed by atoms with Gasteiger partial charge in [0.2, 0.25) is 0 Å². The molecule has 0 saturated heterocycles. The summed E-state index contributed by atoms with van der Waals surface area (Å²) in [6, 6.07) is 44.5. The highest BCUT2D eigenvalue weighted by Crippen LogP contribution is 2.40. The summed E-state index contributed by atoms with van der Waals surface area (Å²) in [5.74, 6) is -1.74. The second-order valence-corrected chi connectivity index (χ2v) is 11.9. The van der Waals surface area contributed by atoms with Gasteiger partial charge in [-0.15, -0.1) is 0 Å². The van der Waals surface area contributed by atoms with Crippen LogP contribution in [-0.2, 0) is 0 Å². The van der Waals surface area contributed by atoms with Gasteiger partial charge in [0.1, 0.15) is 0 Å². The maximum Gasteiger partial charge on any atom is 0.265 e. The second kappa shape index (κ2) is 10.4. The summed E-state index contributed by atoms with van der Waals surface area (Å²) in [5.41, 5.74) is 6.31. The fourth-order valence-corrected chi connectivity index (χ4v) is 7.15. The molecule has 0 aliphatic carbocycles. The van der Waals surface area contributed by atoms with E-state index < -0.39 is 23.6 Å². The first-order chi connectivity index (χ1) is 23.5. The lowest BCUT2D eigenvalue weighted by Crippen LogP contribution is -2.41. The predicted octanol–water partition coefficient (Wildman–Crippen LogP) is 8.93. The average Bonchev–Trinajstić information content (AvgIpc) is 3.14. The number of benzene rings is 7. The quantitative estimate of drug-likeness (QED) is 0.184. The molecule has 6 heteroatoms. The van der Waals surface area contributed by atoms with Gasteiger partial charge in [-0.25, -0.2) is 9.80 Å². The molecule has 2 aliphatic rings. The van der Waals surface area contributed by atoms with E-state index in [2.05, 4.69) is 0 Å². The number of hydrogen-bond acceptors (Lipinski definition) is 4. The molecule has 48 heavy (non-hydrogen) atoms. The van der Waals surface area contributed by atoms with Crippen molar-refractivity contribution in [3.8, 4) is 22.3 Å². The second-order valence-electron chi connectivity index (χ2n) is 11.9. The molecule has 0 fully saturated rings. The molecule has 4 amide bonds. The van der Waals surface area contributed by atoms with Crippen LogP contribution in [0.4, 0.5) is 11.4 Å². The molecule has 226 valence electrons. The van der Waals surface area contributed by atoms with E-state index in [1.807, 2.05) is 97.1 Å². The molecule has 0 bridgehead atoms. The summed E-state index contributed by atoms with van der Waals surface area (Å²) in [6.07, 6.45) is 0. The van der Waals surface area contributed by atoms with Gasteiger partial charge >= 0.3 is 0 Å². The van der Waals surface area contributed by atoms with E-state index >= 15 is 0 Å². The van der Waals surface area contributed by atoms with Gasteiger partial charge in [-0.05, 0) is 81.6 Å². The van der Waals surface area contributed by atoms with Crippen LogP contribution in [0, 0.1) is 0 Å². The molecule has 0 unspecified atom stereocenters. The van der Waals surface area contributed by atoms with Crippen LogP contribution in [0.1, 0.15) is 41.4 Å². The Kier molecular flexibility index (Phi) is 6.01. The Bertz CT molecular complexity index is 2300. The van der Waals surface area contributed by atoms with Gasteiger partial charge in [-0.3, -0.25) is 19.2 Å². The van der Waals surface area contributed by atoms with E-state index in [9.17, 15) is 19.2 Å². The fraction of sp³-hybridized carbons (Fsp3) is 0. The Morgan fingerprint density at radius 2 is 0.625 bits per heavy atom. The van der Waals surface area contributed by atoms with E-state index in [-0.39, 0.29) is 0 Å². The van der Waals surface area contributed by atoms with Crippen molar-refractivity contribution in [2.24, 2.45) is 0 Å². The minimum Gasteiger partial charge on any atom is -0.268 e. The number of amides is 4. The molecule has 7 aromatic rings. The molecule has 0 saturated carbocycles. The van der Waals surface area contributed by atoms with Gasteiger partial charge in [-0.2, -0.15) is 0 Å². The van der Waals surface area contributed by atoms with E-state index in [4.69, 9.17) is 0 Å². The Morgan fingerprint density at radius 1 is 0.292 bits per heavy atom. The molecule has 0 aromatic heterocycles. The molecular weight excluding hydrogens is 596 g/mol. The molecule has 9 rings (SSSR count). The third-order valence-electron chi connectivity index (χ3n) is 9.35. The molecule has 0 atom stereocenters. The summed E-state index contributed by atoms with van der Waals surface area (Å²) in [4.78, 5) is 58.0. The molecule has 0 radical (unpaired) electrons. The van der Waals surface area contributed by atoms with Crippen molar-refractivity contribution in [3.63, 3.8) is 0 Å². The highest BCUT2D eigenvalue weighted by Gasteiger charge is 2.37. The van der Waals surface area contributed by atoms with E-state index in [1.165, 1.54) is 0 Å². The zero-order chi connectivity index (χ0) is 32.5. The van der Waals surface area contributed by atoms with Crippen LogP contribution in [0.15, 0.2) is 146 Å². The summed E-state index contributed by atoms with van der Waals surface area (Å²) >= 11 is 0. The van der Waals surface area contributed by atoms with Crippen molar-refractivity contribution in [1.82, 2.24) is 0 Å². The number of hydrogen-bond donors (Lipinski definition) is 0. The lowest BCUT2D eigenvalue weighted by atomic mass is 9.88.